The Morgan fingerprint density at radius 2 is 0.797 bits per heavy atom. The lowest BCUT2D eigenvalue weighted by Gasteiger charge is -2.20. The van der Waals surface area contributed by atoms with Crippen molar-refractivity contribution in [2.24, 2.45) is 0 Å². The number of amides is 1. The Bertz CT molecular complexity index is 920. The second kappa shape index (κ2) is 49.0. The average Bonchev–Trinajstić information content (AvgIpc) is 3.24. The molecule has 0 bridgehead atoms. The molecule has 59 heavy (non-hydrogen) atoms. The molecule has 6 nitrogen and oxygen atoms in total. The minimum Gasteiger partial charge on any atom is -0.466 e. The summed E-state index contributed by atoms with van der Waals surface area (Å²) in [6.45, 7) is 4.85. The van der Waals surface area contributed by atoms with Gasteiger partial charge in [0.15, 0.2) is 0 Å². The number of allylic oxidation sites excluding steroid dienone is 3. The van der Waals surface area contributed by atoms with Gasteiger partial charge in [0.25, 0.3) is 0 Å². The Morgan fingerprint density at radius 3 is 1.20 bits per heavy atom. The Kier molecular flexibility index (Phi) is 47.6. The third-order valence-corrected chi connectivity index (χ3v) is 12.0. The molecule has 2 unspecified atom stereocenters. The first kappa shape index (κ1) is 57.3. The van der Waals surface area contributed by atoms with E-state index < -0.39 is 12.1 Å². The minimum absolute atomic E-state index is 0.0229. The summed E-state index contributed by atoms with van der Waals surface area (Å²) in [5.74, 6) is -0.110. The molecule has 0 aliphatic heterocycles. The van der Waals surface area contributed by atoms with E-state index in [9.17, 15) is 19.8 Å². The second-order valence-electron chi connectivity index (χ2n) is 17.9. The number of hydrogen-bond donors (Lipinski definition) is 3. The van der Waals surface area contributed by atoms with Crippen molar-refractivity contribution in [2.45, 2.75) is 289 Å². The van der Waals surface area contributed by atoms with Gasteiger partial charge in [-0.2, -0.15) is 0 Å². The maximum Gasteiger partial charge on any atom is 0.305 e. The molecule has 0 aliphatic carbocycles. The SMILES string of the molecule is CCCCCCCCC/C=C\CCCCCCCC(=O)OCCCCCCCCCCCCCC(=O)NC(CO)C(O)/C=C/CCCCCCCCCCCCCCC. The van der Waals surface area contributed by atoms with Crippen LogP contribution in [0.25, 0.3) is 0 Å². The van der Waals surface area contributed by atoms with Crippen LogP contribution >= 0.6 is 0 Å². The molecule has 1 amide bonds. The second-order valence-corrected chi connectivity index (χ2v) is 17.9. The summed E-state index contributed by atoms with van der Waals surface area (Å²) in [5, 5.41) is 23.0. The van der Waals surface area contributed by atoms with Gasteiger partial charge in [0, 0.05) is 12.8 Å². The fourth-order valence-corrected chi connectivity index (χ4v) is 7.92. The summed E-state index contributed by atoms with van der Waals surface area (Å²) in [5.41, 5.74) is 0. The maximum atomic E-state index is 12.4. The molecular formula is C53H101NO5. The van der Waals surface area contributed by atoms with Crippen molar-refractivity contribution in [3.8, 4) is 0 Å². The van der Waals surface area contributed by atoms with Crippen LogP contribution in [0.1, 0.15) is 277 Å². The quantitative estimate of drug-likeness (QED) is 0.0322. The number of carbonyl (C=O) groups excluding carboxylic acids is 2. The van der Waals surface area contributed by atoms with Gasteiger partial charge in [-0.25, -0.2) is 0 Å². The first-order valence-corrected chi connectivity index (χ1v) is 26.1. The molecule has 0 heterocycles. The number of nitrogens with one attached hydrogen (secondary N) is 1. The summed E-state index contributed by atoms with van der Waals surface area (Å²) in [7, 11) is 0. The maximum absolute atomic E-state index is 12.4. The first-order chi connectivity index (χ1) is 29.0. The molecule has 0 aromatic carbocycles. The topological polar surface area (TPSA) is 95.9 Å². The van der Waals surface area contributed by atoms with E-state index >= 15 is 0 Å². The van der Waals surface area contributed by atoms with E-state index in [1.54, 1.807) is 6.08 Å². The molecule has 0 saturated heterocycles. The van der Waals surface area contributed by atoms with Crippen molar-refractivity contribution in [1.29, 1.82) is 0 Å². The van der Waals surface area contributed by atoms with Crippen LogP contribution < -0.4 is 5.32 Å². The number of carbonyl (C=O) groups is 2. The molecule has 0 rings (SSSR count). The molecule has 0 spiro atoms. The van der Waals surface area contributed by atoms with Crippen LogP contribution in [0.5, 0.6) is 0 Å². The lowest BCUT2D eigenvalue weighted by molar-refractivity contribution is -0.143. The minimum atomic E-state index is -0.856. The van der Waals surface area contributed by atoms with Crippen molar-refractivity contribution in [2.75, 3.05) is 13.2 Å². The van der Waals surface area contributed by atoms with Crippen LogP contribution in [0.3, 0.4) is 0 Å². The molecule has 6 heteroatoms. The lowest BCUT2D eigenvalue weighted by Crippen LogP contribution is -2.45. The van der Waals surface area contributed by atoms with Gasteiger partial charge in [0.05, 0.1) is 25.4 Å². The van der Waals surface area contributed by atoms with Crippen molar-refractivity contribution in [3.63, 3.8) is 0 Å². The van der Waals surface area contributed by atoms with E-state index in [0.29, 0.717) is 19.4 Å². The smallest absolute Gasteiger partial charge is 0.305 e. The van der Waals surface area contributed by atoms with Crippen LogP contribution in [-0.2, 0) is 14.3 Å². The molecule has 0 fully saturated rings. The number of unbranched alkanes of at least 4 members (excludes halogenated alkanes) is 35. The summed E-state index contributed by atoms with van der Waals surface area (Å²) in [4.78, 5) is 24.5. The van der Waals surface area contributed by atoms with Crippen LogP contribution in [0, 0.1) is 0 Å². The van der Waals surface area contributed by atoms with Gasteiger partial charge in [-0.3, -0.25) is 9.59 Å². The third kappa shape index (κ3) is 45.7. The van der Waals surface area contributed by atoms with E-state index in [4.69, 9.17) is 4.74 Å². The fourth-order valence-electron chi connectivity index (χ4n) is 7.92. The highest BCUT2D eigenvalue weighted by Crippen LogP contribution is 2.16. The van der Waals surface area contributed by atoms with Crippen LogP contribution in [-0.4, -0.2) is 47.4 Å². The van der Waals surface area contributed by atoms with E-state index in [1.807, 2.05) is 6.08 Å². The predicted molar refractivity (Wildman–Crippen MR) is 255 cm³/mol. The van der Waals surface area contributed by atoms with Crippen molar-refractivity contribution in [1.82, 2.24) is 5.32 Å². The molecule has 0 radical (unpaired) electrons. The fraction of sp³-hybridized carbons (Fsp3) is 0.887. The van der Waals surface area contributed by atoms with Gasteiger partial charge in [0.1, 0.15) is 0 Å². The molecule has 0 saturated carbocycles. The Labute approximate surface area is 367 Å². The summed E-state index contributed by atoms with van der Waals surface area (Å²) < 4.78 is 5.46. The zero-order valence-electron chi connectivity index (χ0n) is 39.5. The normalized spacial score (nSPS) is 12.8. The number of hydrogen-bond acceptors (Lipinski definition) is 5. The standard InChI is InChI=1S/C53H101NO5/c1-3-5-7-9-11-13-15-17-19-21-23-27-31-35-39-43-47-53(58)59-48-44-40-36-32-28-24-26-30-34-38-42-46-52(57)54-50(49-55)51(56)45-41-37-33-29-25-22-20-18-16-14-12-10-8-6-4-2/h19,21,41,45,50-51,55-56H,3-18,20,22-40,42-44,46-49H2,1-2H3,(H,54,57)/b21-19-,45-41+. The highest BCUT2D eigenvalue weighted by Gasteiger charge is 2.18. The molecule has 0 aromatic heterocycles. The lowest BCUT2D eigenvalue weighted by atomic mass is 10.0. The number of aliphatic hydroxyl groups excluding tert-OH is 2. The molecule has 0 aromatic rings. The Morgan fingerprint density at radius 1 is 0.458 bits per heavy atom. The van der Waals surface area contributed by atoms with Crippen molar-refractivity contribution in [3.05, 3.63) is 24.3 Å². The van der Waals surface area contributed by atoms with E-state index in [-0.39, 0.29) is 18.5 Å². The number of esters is 1. The predicted octanol–water partition coefficient (Wildman–Crippen LogP) is 15.5. The number of ether oxygens (including phenoxy) is 1. The number of aliphatic hydroxyl groups is 2. The van der Waals surface area contributed by atoms with Crippen LogP contribution in [0.2, 0.25) is 0 Å². The largest absolute Gasteiger partial charge is 0.466 e. The van der Waals surface area contributed by atoms with E-state index in [0.717, 1.165) is 57.8 Å². The van der Waals surface area contributed by atoms with Crippen LogP contribution in [0.4, 0.5) is 0 Å². The van der Waals surface area contributed by atoms with E-state index in [2.05, 4.69) is 31.3 Å². The number of rotatable bonds is 48. The van der Waals surface area contributed by atoms with Gasteiger partial charge < -0.3 is 20.3 Å². The van der Waals surface area contributed by atoms with Crippen molar-refractivity contribution < 1.29 is 24.5 Å². The molecule has 2 atom stereocenters. The zero-order chi connectivity index (χ0) is 43.0. The van der Waals surface area contributed by atoms with Crippen molar-refractivity contribution >= 4 is 11.9 Å². The van der Waals surface area contributed by atoms with E-state index in [1.165, 1.54) is 193 Å². The summed E-state index contributed by atoms with van der Waals surface area (Å²) in [6, 6.07) is -0.641. The molecule has 0 aliphatic rings. The monoisotopic (exact) mass is 832 g/mol. The average molecular weight is 832 g/mol. The van der Waals surface area contributed by atoms with Gasteiger partial charge in [-0.15, -0.1) is 0 Å². The highest BCUT2D eigenvalue weighted by molar-refractivity contribution is 5.76. The van der Waals surface area contributed by atoms with Gasteiger partial charge in [0.2, 0.25) is 5.91 Å². The zero-order valence-corrected chi connectivity index (χ0v) is 39.5. The van der Waals surface area contributed by atoms with Gasteiger partial charge in [-0.05, 0) is 57.8 Å². The summed E-state index contributed by atoms with van der Waals surface area (Å²) in [6.07, 6.45) is 57.4. The molecule has 348 valence electrons. The molecule has 3 N–H and O–H groups in total. The van der Waals surface area contributed by atoms with Gasteiger partial charge >= 0.3 is 5.97 Å². The van der Waals surface area contributed by atoms with Crippen LogP contribution in [0.15, 0.2) is 24.3 Å². The third-order valence-electron chi connectivity index (χ3n) is 12.0. The first-order valence-electron chi connectivity index (χ1n) is 26.1. The molecular weight excluding hydrogens is 731 g/mol. The Hall–Kier alpha value is -1.66. The summed E-state index contributed by atoms with van der Waals surface area (Å²) >= 11 is 0. The Balaban J connectivity index is 3.50. The van der Waals surface area contributed by atoms with Gasteiger partial charge in [-0.1, -0.05) is 231 Å². The highest BCUT2D eigenvalue weighted by atomic mass is 16.5.